The molecule has 0 fully saturated rings. The largest absolute Gasteiger partial charge is 0.465 e. The highest BCUT2D eigenvalue weighted by atomic mass is 19.1. The molecule has 1 aromatic rings. The van der Waals surface area contributed by atoms with E-state index in [0.717, 1.165) is 6.07 Å². The van der Waals surface area contributed by atoms with Crippen LogP contribution in [0.4, 0.5) is 15.8 Å². The molecule has 0 heterocycles. The van der Waals surface area contributed by atoms with E-state index in [1.54, 1.807) is 12.0 Å². The Labute approximate surface area is 112 Å². The van der Waals surface area contributed by atoms with Crippen LogP contribution in [-0.4, -0.2) is 39.9 Å². The van der Waals surface area contributed by atoms with Gasteiger partial charge in [-0.1, -0.05) is 0 Å². The molecule has 0 aromatic heterocycles. The molecule has 0 atom stereocenters. The van der Waals surface area contributed by atoms with Crippen LogP contribution in [0.3, 0.4) is 0 Å². The van der Waals surface area contributed by atoms with E-state index < -0.39 is 11.8 Å². The lowest BCUT2D eigenvalue weighted by Crippen LogP contribution is -2.28. The number of ether oxygens (including phenoxy) is 2. The summed E-state index contributed by atoms with van der Waals surface area (Å²) in [5.41, 5.74) is 6.17. The van der Waals surface area contributed by atoms with E-state index in [0.29, 0.717) is 25.4 Å². The number of methoxy groups -OCH3 is 2. The van der Waals surface area contributed by atoms with E-state index in [1.165, 1.54) is 13.2 Å². The molecule has 19 heavy (non-hydrogen) atoms. The van der Waals surface area contributed by atoms with Crippen LogP contribution in [-0.2, 0) is 9.47 Å². The van der Waals surface area contributed by atoms with Crippen LogP contribution >= 0.6 is 0 Å². The van der Waals surface area contributed by atoms with Crippen molar-refractivity contribution in [3.63, 3.8) is 0 Å². The molecule has 0 amide bonds. The van der Waals surface area contributed by atoms with E-state index in [2.05, 4.69) is 4.74 Å². The molecule has 1 rings (SSSR count). The summed E-state index contributed by atoms with van der Waals surface area (Å²) in [4.78, 5) is 13.3. The number of carbonyl (C=O) groups is 1. The van der Waals surface area contributed by atoms with Crippen LogP contribution in [0.2, 0.25) is 0 Å². The topological polar surface area (TPSA) is 64.8 Å². The molecule has 5 nitrogen and oxygen atoms in total. The number of anilines is 2. The summed E-state index contributed by atoms with van der Waals surface area (Å²) in [5.74, 6) is -1.05. The van der Waals surface area contributed by atoms with E-state index in [-0.39, 0.29) is 11.3 Å². The van der Waals surface area contributed by atoms with Crippen molar-refractivity contribution in [2.75, 3.05) is 44.5 Å². The average Bonchev–Trinajstić information content (AvgIpc) is 2.40. The zero-order chi connectivity index (χ0) is 14.4. The number of likely N-dealkylation sites (N-methyl/N-ethyl adjacent to an activating group) is 1. The lowest BCUT2D eigenvalue weighted by atomic mass is 10.1. The second-order valence-electron chi connectivity index (χ2n) is 3.95. The lowest BCUT2D eigenvalue weighted by molar-refractivity contribution is 0.0602. The highest BCUT2D eigenvalue weighted by Crippen LogP contribution is 2.26. The van der Waals surface area contributed by atoms with Crippen molar-refractivity contribution in [2.45, 2.75) is 6.92 Å². The van der Waals surface area contributed by atoms with Crippen molar-refractivity contribution in [1.82, 2.24) is 0 Å². The molecular formula is C13H19FN2O3. The van der Waals surface area contributed by atoms with Crippen molar-refractivity contribution >= 4 is 17.3 Å². The second kappa shape index (κ2) is 6.94. The monoisotopic (exact) mass is 270 g/mol. The van der Waals surface area contributed by atoms with E-state index in [4.69, 9.17) is 10.5 Å². The molecule has 0 aliphatic heterocycles. The van der Waals surface area contributed by atoms with Crippen molar-refractivity contribution in [3.05, 3.63) is 23.5 Å². The molecule has 6 heteroatoms. The third-order valence-corrected chi connectivity index (χ3v) is 2.81. The first-order valence-corrected chi connectivity index (χ1v) is 5.96. The third-order valence-electron chi connectivity index (χ3n) is 2.81. The lowest BCUT2D eigenvalue weighted by Gasteiger charge is -2.24. The Balaban J connectivity index is 3.14. The van der Waals surface area contributed by atoms with E-state index >= 15 is 0 Å². The zero-order valence-electron chi connectivity index (χ0n) is 11.4. The van der Waals surface area contributed by atoms with Crippen LogP contribution < -0.4 is 10.6 Å². The number of carbonyl (C=O) groups excluding carboxylic acids is 1. The van der Waals surface area contributed by atoms with Crippen molar-refractivity contribution in [1.29, 1.82) is 0 Å². The standard InChI is InChI=1S/C13H19FN2O3/c1-4-16(5-6-18-2)12-7-9(13(17)19-3)11(15)8-10(12)14/h7-8H,4-6,15H2,1-3H3. The van der Waals surface area contributed by atoms with Gasteiger partial charge in [0.2, 0.25) is 0 Å². The first kappa shape index (κ1) is 15.2. The predicted octanol–water partition coefficient (Wildman–Crippen LogP) is 1.67. The van der Waals surface area contributed by atoms with E-state index in [9.17, 15) is 9.18 Å². The summed E-state index contributed by atoms with van der Waals surface area (Å²) >= 11 is 0. The van der Waals surface area contributed by atoms with Crippen LogP contribution in [0.15, 0.2) is 12.1 Å². The van der Waals surface area contributed by atoms with Gasteiger partial charge in [-0.15, -0.1) is 0 Å². The van der Waals surface area contributed by atoms with Crippen LogP contribution in [0.1, 0.15) is 17.3 Å². The third kappa shape index (κ3) is 3.57. The maximum absolute atomic E-state index is 13.9. The fourth-order valence-electron chi connectivity index (χ4n) is 1.76. The maximum Gasteiger partial charge on any atom is 0.340 e. The number of benzene rings is 1. The Hall–Kier alpha value is -1.82. The van der Waals surface area contributed by atoms with E-state index in [1.807, 2.05) is 6.92 Å². The number of rotatable bonds is 6. The molecule has 2 N–H and O–H groups in total. The van der Waals surface area contributed by atoms with Gasteiger partial charge in [0.25, 0.3) is 0 Å². The first-order chi connectivity index (χ1) is 9.04. The number of nitrogens with zero attached hydrogens (tertiary/aromatic N) is 1. The van der Waals surface area contributed by atoms with Crippen LogP contribution in [0.5, 0.6) is 0 Å². The van der Waals surface area contributed by atoms with Gasteiger partial charge in [-0.25, -0.2) is 9.18 Å². The summed E-state index contributed by atoms with van der Waals surface area (Å²) < 4.78 is 23.5. The maximum atomic E-state index is 13.9. The van der Waals surface area contributed by atoms with Gasteiger partial charge >= 0.3 is 5.97 Å². The van der Waals surface area contributed by atoms with Crippen molar-refractivity contribution < 1.29 is 18.7 Å². The van der Waals surface area contributed by atoms with Gasteiger partial charge in [0.15, 0.2) is 0 Å². The number of nitrogen functional groups attached to an aromatic ring is 1. The Bertz CT molecular complexity index is 452. The molecule has 0 saturated carbocycles. The molecule has 0 spiro atoms. The Morgan fingerprint density at radius 1 is 1.42 bits per heavy atom. The summed E-state index contributed by atoms with van der Waals surface area (Å²) in [7, 11) is 2.83. The minimum atomic E-state index is -0.582. The number of nitrogens with two attached hydrogens (primary N) is 1. The van der Waals surface area contributed by atoms with Crippen molar-refractivity contribution in [3.8, 4) is 0 Å². The highest BCUT2D eigenvalue weighted by Gasteiger charge is 2.17. The predicted molar refractivity (Wildman–Crippen MR) is 71.9 cm³/mol. The second-order valence-corrected chi connectivity index (χ2v) is 3.95. The van der Waals surface area contributed by atoms with Gasteiger partial charge in [0.05, 0.1) is 25.0 Å². The van der Waals surface area contributed by atoms with Gasteiger partial charge < -0.3 is 20.1 Å². The molecule has 0 bridgehead atoms. The fourth-order valence-corrected chi connectivity index (χ4v) is 1.76. The molecular weight excluding hydrogens is 251 g/mol. The Kier molecular flexibility index (Phi) is 5.57. The molecule has 106 valence electrons. The zero-order valence-corrected chi connectivity index (χ0v) is 11.4. The SMILES string of the molecule is CCN(CCOC)c1cc(C(=O)OC)c(N)cc1F. The number of halogens is 1. The molecule has 1 aromatic carbocycles. The number of esters is 1. The summed E-state index contributed by atoms with van der Waals surface area (Å²) in [6, 6.07) is 2.55. The fraction of sp³-hybridized carbons (Fsp3) is 0.462. The van der Waals surface area contributed by atoms with Crippen molar-refractivity contribution in [2.24, 2.45) is 0 Å². The minimum absolute atomic E-state index is 0.0656. The van der Waals surface area contributed by atoms with Gasteiger partial charge in [-0.2, -0.15) is 0 Å². The molecule has 0 aliphatic rings. The normalized spacial score (nSPS) is 10.3. The molecule has 0 aliphatic carbocycles. The van der Waals surface area contributed by atoms with Gasteiger partial charge in [-0.05, 0) is 19.1 Å². The molecule has 0 saturated heterocycles. The van der Waals surface area contributed by atoms with Gasteiger partial charge in [-0.3, -0.25) is 0 Å². The van der Waals surface area contributed by atoms with Gasteiger partial charge in [0.1, 0.15) is 5.82 Å². The quantitative estimate of drug-likeness (QED) is 0.629. The summed E-state index contributed by atoms with van der Waals surface area (Å²) in [6.07, 6.45) is 0. The Morgan fingerprint density at radius 2 is 2.11 bits per heavy atom. The molecule has 0 radical (unpaired) electrons. The average molecular weight is 270 g/mol. The van der Waals surface area contributed by atoms with Crippen LogP contribution in [0, 0.1) is 5.82 Å². The summed E-state index contributed by atoms with van der Waals surface area (Å²) in [6.45, 7) is 3.47. The summed E-state index contributed by atoms with van der Waals surface area (Å²) in [5, 5.41) is 0. The smallest absolute Gasteiger partial charge is 0.340 e. The minimum Gasteiger partial charge on any atom is -0.465 e. The van der Waals surface area contributed by atoms with Crippen LogP contribution in [0.25, 0.3) is 0 Å². The Morgan fingerprint density at radius 3 is 2.63 bits per heavy atom. The highest BCUT2D eigenvalue weighted by molar-refractivity contribution is 5.96. The first-order valence-electron chi connectivity index (χ1n) is 5.96. The molecule has 0 unspecified atom stereocenters. The number of hydrogen-bond acceptors (Lipinski definition) is 5. The number of hydrogen-bond donors (Lipinski definition) is 1. The van der Waals surface area contributed by atoms with Gasteiger partial charge in [0, 0.05) is 25.9 Å².